The Hall–Kier alpha value is -1.77. The maximum absolute atomic E-state index is 12.8. The summed E-state index contributed by atoms with van der Waals surface area (Å²) in [6.07, 6.45) is 72.6. The first-order valence-electron chi connectivity index (χ1n) is 32.7. The topological polar surface area (TPSA) is 108 Å². The van der Waals surface area contributed by atoms with E-state index in [9.17, 15) is 19.0 Å². The molecular weight excluding hydrogens is 966 g/mol. The van der Waals surface area contributed by atoms with E-state index in [1.54, 1.807) is 0 Å². The molecule has 0 aromatic rings. The van der Waals surface area contributed by atoms with Gasteiger partial charge < -0.3 is 18.9 Å². The molecular formula is C66H127NO8P+. The molecule has 10 heteroatoms. The normalized spacial score (nSPS) is 13.4. The monoisotopic (exact) mass is 1090 g/mol. The Balaban J connectivity index is 3.92. The smallest absolute Gasteiger partial charge is 0.462 e. The van der Waals surface area contributed by atoms with E-state index in [4.69, 9.17) is 18.5 Å². The lowest BCUT2D eigenvalue weighted by Crippen LogP contribution is -2.37. The zero-order valence-corrected chi connectivity index (χ0v) is 51.9. The number of hydrogen-bond donors (Lipinski definition) is 1. The molecule has 0 heterocycles. The molecule has 0 rings (SSSR count). The molecule has 2 atom stereocenters. The average molecular weight is 1090 g/mol. The number of hydrogen-bond acceptors (Lipinski definition) is 7. The van der Waals surface area contributed by atoms with Crippen molar-refractivity contribution in [2.45, 2.75) is 328 Å². The van der Waals surface area contributed by atoms with Gasteiger partial charge in [0, 0.05) is 12.8 Å². The number of nitrogens with zero attached hydrogens (tertiary/aromatic N) is 1. The second kappa shape index (κ2) is 57.9. The Morgan fingerprint density at radius 1 is 0.421 bits per heavy atom. The number of carbonyl (C=O) groups excluding carboxylic acids is 2. The number of likely N-dealkylation sites (N-methyl/N-ethyl adjacent to an activating group) is 1. The minimum absolute atomic E-state index is 0.0307. The van der Waals surface area contributed by atoms with E-state index in [-0.39, 0.29) is 25.6 Å². The summed E-state index contributed by atoms with van der Waals surface area (Å²) in [6, 6.07) is 0. The van der Waals surface area contributed by atoms with Crippen LogP contribution in [0, 0.1) is 0 Å². The van der Waals surface area contributed by atoms with Crippen molar-refractivity contribution in [3.63, 3.8) is 0 Å². The largest absolute Gasteiger partial charge is 0.472 e. The van der Waals surface area contributed by atoms with Gasteiger partial charge in [0.2, 0.25) is 0 Å². The van der Waals surface area contributed by atoms with E-state index in [1.807, 2.05) is 21.1 Å². The molecule has 448 valence electrons. The van der Waals surface area contributed by atoms with Crippen molar-refractivity contribution in [3.8, 4) is 0 Å². The van der Waals surface area contributed by atoms with Gasteiger partial charge in [-0.2, -0.15) is 0 Å². The molecule has 0 aliphatic rings. The van der Waals surface area contributed by atoms with Crippen LogP contribution in [-0.4, -0.2) is 74.9 Å². The highest BCUT2D eigenvalue weighted by Gasteiger charge is 2.27. The molecule has 0 saturated carbocycles. The zero-order valence-electron chi connectivity index (χ0n) is 51.0. The number of allylic oxidation sites excluding steroid dienone is 6. The number of phosphoric ester groups is 1. The summed E-state index contributed by atoms with van der Waals surface area (Å²) in [5.41, 5.74) is 0. The van der Waals surface area contributed by atoms with Crippen LogP contribution < -0.4 is 0 Å². The molecule has 0 amide bonds. The van der Waals surface area contributed by atoms with Crippen LogP contribution in [0.1, 0.15) is 322 Å². The summed E-state index contributed by atoms with van der Waals surface area (Å²) >= 11 is 0. The van der Waals surface area contributed by atoms with E-state index >= 15 is 0 Å². The molecule has 0 radical (unpaired) electrons. The first-order chi connectivity index (χ1) is 37.0. The maximum atomic E-state index is 12.8. The summed E-state index contributed by atoms with van der Waals surface area (Å²) in [5, 5.41) is 0. The van der Waals surface area contributed by atoms with E-state index in [1.165, 1.54) is 225 Å². The van der Waals surface area contributed by atoms with Gasteiger partial charge in [0.25, 0.3) is 0 Å². The summed E-state index contributed by atoms with van der Waals surface area (Å²) in [5.74, 6) is -0.795. The predicted octanol–water partition coefficient (Wildman–Crippen LogP) is 20.7. The van der Waals surface area contributed by atoms with E-state index in [0.717, 1.165) is 64.2 Å². The zero-order chi connectivity index (χ0) is 55.6. The van der Waals surface area contributed by atoms with Crippen LogP contribution in [0.2, 0.25) is 0 Å². The second-order valence-electron chi connectivity index (χ2n) is 23.5. The van der Waals surface area contributed by atoms with Gasteiger partial charge in [0.05, 0.1) is 27.7 Å². The van der Waals surface area contributed by atoms with Crippen molar-refractivity contribution in [2.75, 3.05) is 47.5 Å². The Labute approximate surface area is 471 Å². The number of carbonyl (C=O) groups is 2. The van der Waals surface area contributed by atoms with Gasteiger partial charge in [-0.25, -0.2) is 4.57 Å². The Morgan fingerprint density at radius 3 is 1.12 bits per heavy atom. The SMILES string of the molecule is CC/C=C\C/C=C\C/C=C\CCCCCCCCCC(=O)OC(COC(=O)CCCCCCCCCCCCCCCCCCCCCCCCCCCCCCCCCCCCC)COP(=O)(O)OCC[N+](C)(C)C. The molecule has 76 heavy (non-hydrogen) atoms. The van der Waals surface area contributed by atoms with Gasteiger partial charge in [-0.3, -0.25) is 18.6 Å². The van der Waals surface area contributed by atoms with Gasteiger partial charge in [0.1, 0.15) is 19.8 Å². The highest BCUT2D eigenvalue weighted by Crippen LogP contribution is 2.43. The van der Waals surface area contributed by atoms with Crippen LogP contribution in [0.3, 0.4) is 0 Å². The van der Waals surface area contributed by atoms with Crippen LogP contribution >= 0.6 is 7.82 Å². The Morgan fingerprint density at radius 2 is 0.750 bits per heavy atom. The number of phosphoric acid groups is 1. The molecule has 0 aromatic heterocycles. The number of esters is 2. The fraction of sp³-hybridized carbons (Fsp3) is 0.879. The predicted molar refractivity (Wildman–Crippen MR) is 326 cm³/mol. The molecule has 0 spiro atoms. The van der Waals surface area contributed by atoms with Crippen LogP contribution in [0.25, 0.3) is 0 Å². The van der Waals surface area contributed by atoms with Crippen LogP contribution in [0.5, 0.6) is 0 Å². The quantitative estimate of drug-likeness (QED) is 0.0211. The van der Waals surface area contributed by atoms with E-state index in [2.05, 4.69) is 50.3 Å². The minimum Gasteiger partial charge on any atom is -0.462 e. The molecule has 1 N–H and O–H groups in total. The van der Waals surface area contributed by atoms with Gasteiger partial charge >= 0.3 is 19.8 Å². The van der Waals surface area contributed by atoms with Crippen molar-refractivity contribution in [1.29, 1.82) is 0 Å². The summed E-state index contributed by atoms with van der Waals surface area (Å²) in [6.45, 7) is 4.36. The lowest BCUT2D eigenvalue weighted by molar-refractivity contribution is -0.870. The lowest BCUT2D eigenvalue weighted by atomic mass is 10.0. The van der Waals surface area contributed by atoms with Gasteiger partial charge in [-0.1, -0.05) is 301 Å². The Kier molecular flexibility index (Phi) is 56.6. The average Bonchev–Trinajstić information content (AvgIpc) is 3.38. The maximum Gasteiger partial charge on any atom is 0.472 e. The van der Waals surface area contributed by atoms with Crippen molar-refractivity contribution in [1.82, 2.24) is 0 Å². The summed E-state index contributed by atoms with van der Waals surface area (Å²) in [7, 11) is 1.48. The molecule has 9 nitrogen and oxygen atoms in total. The molecule has 0 aromatic carbocycles. The fourth-order valence-corrected chi connectivity index (χ4v) is 10.4. The number of quaternary nitrogens is 1. The Bertz CT molecular complexity index is 1380. The van der Waals surface area contributed by atoms with Crippen molar-refractivity contribution in [3.05, 3.63) is 36.5 Å². The number of unbranched alkanes of at least 4 members (excludes halogenated alkanes) is 41. The molecule has 0 aliphatic carbocycles. The molecule has 2 unspecified atom stereocenters. The van der Waals surface area contributed by atoms with Crippen molar-refractivity contribution >= 4 is 19.8 Å². The number of rotatable bonds is 61. The summed E-state index contributed by atoms with van der Waals surface area (Å²) < 4.78 is 34.6. The first-order valence-corrected chi connectivity index (χ1v) is 34.2. The van der Waals surface area contributed by atoms with E-state index in [0.29, 0.717) is 23.9 Å². The van der Waals surface area contributed by atoms with E-state index < -0.39 is 26.5 Å². The second-order valence-corrected chi connectivity index (χ2v) is 24.9. The molecule has 0 saturated heterocycles. The van der Waals surface area contributed by atoms with Crippen LogP contribution in [-0.2, 0) is 32.7 Å². The molecule has 0 aliphatic heterocycles. The molecule has 0 bridgehead atoms. The first kappa shape index (κ1) is 74.2. The highest BCUT2D eigenvalue weighted by molar-refractivity contribution is 7.47. The van der Waals surface area contributed by atoms with Crippen molar-refractivity contribution < 1.29 is 42.1 Å². The van der Waals surface area contributed by atoms with Crippen LogP contribution in [0.15, 0.2) is 36.5 Å². The minimum atomic E-state index is -4.39. The van der Waals surface area contributed by atoms with Gasteiger partial charge in [-0.15, -0.1) is 0 Å². The molecule has 0 fully saturated rings. The number of ether oxygens (including phenoxy) is 2. The third-order valence-corrected chi connectivity index (χ3v) is 15.7. The fourth-order valence-electron chi connectivity index (χ4n) is 9.68. The third-order valence-electron chi connectivity index (χ3n) is 14.7. The van der Waals surface area contributed by atoms with Gasteiger partial charge in [0.15, 0.2) is 6.10 Å². The van der Waals surface area contributed by atoms with Crippen molar-refractivity contribution in [2.24, 2.45) is 0 Å². The van der Waals surface area contributed by atoms with Gasteiger partial charge in [-0.05, 0) is 44.9 Å². The van der Waals surface area contributed by atoms with Crippen LogP contribution in [0.4, 0.5) is 0 Å². The lowest BCUT2D eigenvalue weighted by Gasteiger charge is -2.24. The summed E-state index contributed by atoms with van der Waals surface area (Å²) in [4.78, 5) is 35.7. The standard InChI is InChI=1S/C66H126NO8P/c1-6-8-10-12-14-16-18-20-22-24-25-26-27-28-29-30-31-32-33-34-35-36-37-38-39-40-41-43-44-46-48-50-52-54-56-58-65(68)72-62-64(63-74-76(70,71)73-61-60-67(3,4)5)75-66(69)59-57-55-53-51-49-47-45-42-23-21-19-17-15-13-11-9-7-2/h9,11,15,17,21,23,64H,6-8,10,12-14,16,18-20,22,24-63H2,1-5H3/p+1/b11-9-,17-15-,23-21-. The third kappa shape index (κ3) is 61.4. The highest BCUT2D eigenvalue weighted by atomic mass is 31.2.